The second kappa shape index (κ2) is 8.33. The highest BCUT2D eigenvalue weighted by Crippen LogP contribution is 2.47. The maximum atomic E-state index is 6.10. The van der Waals surface area contributed by atoms with Crippen molar-refractivity contribution in [1.29, 1.82) is 0 Å². The summed E-state index contributed by atoms with van der Waals surface area (Å²) in [6, 6.07) is 6.27. The van der Waals surface area contributed by atoms with E-state index in [0.717, 1.165) is 30.5 Å². The Kier molecular flexibility index (Phi) is 6.82. The van der Waals surface area contributed by atoms with Crippen LogP contribution in [0.5, 0.6) is 0 Å². The minimum absolute atomic E-state index is 0. The molecule has 2 N–H and O–H groups in total. The molecule has 2 atom stereocenters. The first kappa shape index (κ1) is 21.3. The van der Waals surface area contributed by atoms with Gasteiger partial charge >= 0.3 is 0 Å². The van der Waals surface area contributed by atoms with Crippen molar-refractivity contribution in [2.75, 3.05) is 23.7 Å². The summed E-state index contributed by atoms with van der Waals surface area (Å²) in [5.74, 6) is 2.63. The van der Waals surface area contributed by atoms with Crippen LogP contribution in [-0.2, 0) is 5.54 Å². The average Bonchev–Trinajstić information content (AvgIpc) is 3.22. The molecule has 9 heteroatoms. The van der Waals surface area contributed by atoms with Crippen molar-refractivity contribution in [3.63, 3.8) is 0 Å². The smallest absolute Gasteiger partial charge is 0.225 e. The van der Waals surface area contributed by atoms with E-state index in [-0.39, 0.29) is 30.4 Å². The van der Waals surface area contributed by atoms with Crippen molar-refractivity contribution >= 4 is 59.0 Å². The Labute approximate surface area is 174 Å². The fourth-order valence-corrected chi connectivity index (χ4v) is 5.40. The van der Waals surface area contributed by atoms with Crippen LogP contribution in [0.15, 0.2) is 34.8 Å². The molecule has 5 nitrogen and oxygen atoms in total. The van der Waals surface area contributed by atoms with Gasteiger partial charge in [0, 0.05) is 35.0 Å². The topological polar surface area (TPSA) is 67.4 Å². The van der Waals surface area contributed by atoms with Crippen molar-refractivity contribution in [2.24, 2.45) is 16.6 Å². The summed E-state index contributed by atoms with van der Waals surface area (Å²) in [5.41, 5.74) is 6.93. The maximum Gasteiger partial charge on any atom is 0.225 e. The van der Waals surface area contributed by atoms with E-state index in [9.17, 15) is 0 Å². The fourth-order valence-electron chi connectivity index (χ4n) is 3.48. The number of hydrogen-bond donors (Lipinski definition) is 1. The Morgan fingerprint density at radius 1 is 1.31 bits per heavy atom. The number of halogens is 2. The number of nitrogens with zero attached hydrogens (tertiary/aromatic N) is 4. The molecule has 1 fully saturated rings. The molecular formula is C17H23Cl2N5S2. The van der Waals surface area contributed by atoms with Crippen LogP contribution in [0.4, 0.5) is 5.95 Å². The minimum Gasteiger partial charge on any atom is -0.379 e. The molecule has 0 aliphatic carbocycles. The standard InChI is InChI=1S/C17H21N5S2.2ClH/c1-11(2)13-5-6-19-16(20-13)22-8-12-9-24-15(18)21-17(12,10-22)14-4-3-7-23-14;;/h3-7,11-12H,8-10H2,1-2H3,(H2,18,21);2*1H/t12-,17?;;/m0../s1. The third-order valence-electron chi connectivity index (χ3n) is 4.78. The number of nitrogens with two attached hydrogens (primary N) is 1. The highest BCUT2D eigenvalue weighted by atomic mass is 35.5. The van der Waals surface area contributed by atoms with E-state index in [1.54, 1.807) is 23.1 Å². The summed E-state index contributed by atoms with van der Waals surface area (Å²) in [6.45, 7) is 6.03. The SMILES string of the molecule is CC(C)c1ccnc(N2C[C@H]3CSC(N)=NC3(c3cccs3)C2)n1.Cl.Cl. The number of hydrogen-bond acceptors (Lipinski definition) is 7. The van der Waals surface area contributed by atoms with Crippen LogP contribution >= 0.6 is 47.9 Å². The zero-order chi connectivity index (χ0) is 16.7. The lowest BCUT2D eigenvalue weighted by molar-refractivity contribution is 0.395. The van der Waals surface area contributed by atoms with Gasteiger partial charge in [-0.3, -0.25) is 0 Å². The molecular weight excluding hydrogens is 409 g/mol. The van der Waals surface area contributed by atoms with E-state index < -0.39 is 0 Å². The van der Waals surface area contributed by atoms with Crippen molar-refractivity contribution in [3.05, 3.63) is 40.3 Å². The van der Waals surface area contributed by atoms with Crippen LogP contribution in [0.2, 0.25) is 0 Å². The van der Waals surface area contributed by atoms with Gasteiger partial charge in [0.05, 0.1) is 6.54 Å². The molecule has 2 aliphatic rings. The fraction of sp³-hybridized carbons (Fsp3) is 0.471. The zero-order valence-corrected chi connectivity index (χ0v) is 17.9. The zero-order valence-electron chi connectivity index (χ0n) is 14.7. The van der Waals surface area contributed by atoms with Crippen LogP contribution < -0.4 is 10.6 Å². The van der Waals surface area contributed by atoms with Gasteiger partial charge < -0.3 is 10.6 Å². The van der Waals surface area contributed by atoms with Gasteiger partial charge in [0.15, 0.2) is 5.17 Å². The Morgan fingerprint density at radius 2 is 2.12 bits per heavy atom. The Hall–Kier alpha value is -1.02. The lowest BCUT2D eigenvalue weighted by Crippen LogP contribution is -2.39. The number of amidine groups is 1. The van der Waals surface area contributed by atoms with Crippen molar-refractivity contribution < 1.29 is 0 Å². The van der Waals surface area contributed by atoms with Crippen molar-refractivity contribution in [3.8, 4) is 0 Å². The third kappa shape index (κ3) is 3.67. The molecule has 2 aromatic rings. The van der Waals surface area contributed by atoms with Gasteiger partial charge in [-0.25, -0.2) is 15.0 Å². The van der Waals surface area contributed by atoms with E-state index in [0.29, 0.717) is 17.0 Å². The molecule has 2 aliphatic heterocycles. The number of anilines is 1. The molecule has 4 rings (SSSR count). The largest absolute Gasteiger partial charge is 0.379 e. The van der Waals surface area contributed by atoms with Gasteiger partial charge in [-0.2, -0.15) is 0 Å². The number of thiophene rings is 1. The molecule has 2 aromatic heterocycles. The van der Waals surface area contributed by atoms with Crippen molar-refractivity contribution in [1.82, 2.24) is 9.97 Å². The molecule has 0 saturated carbocycles. The number of aliphatic imine (C=N–C) groups is 1. The minimum atomic E-state index is -0.249. The van der Waals surface area contributed by atoms with Gasteiger partial charge in [0.25, 0.3) is 0 Å². The van der Waals surface area contributed by atoms with Gasteiger partial charge in [-0.1, -0.05) is 31.7 Å². The van der Waals surface area contributed by atoms with E-state index >= 15 is 0 Å². The molecule has 142 valence electrons. The van der Waals surface area contributed by atoms with E-state index in [1.165, 1.54) is 4.88 Å². The second-order valence-electron chi connectivity index (χ2n) is 6.68. The Bertz CT molecular complexity index is 768. The quantitative estimate of drug-likeness (QED) is 0.797. The highest BCUT2D eigenvalue weighted by Gasteiger charge is 2.51. The van der Waals surface area contributed by atoms with Crippen LogP contribution in [0, 0.1) is 5.92 Å². The number of aromatic nitrogens is 2. The lowest BCUT2D eigenvalue weighted by atomic mass is 9.87. The van der Waals surface area contributed by atoms with E-state index in [1.807, 2.05) is 12.3 Å². The predicted molar refractivity (Wildman–Crippen MR) is 116 cm³/mol. The maximum absolute atomic E-state index is 6.10. The first-order chi connectivity index (χ1) is 11.6. The summed E-state index contributed by atoms with van der Waals surface area (Å²) in [4.78, 5) is 17.8. The Morgan fingerprint density at radius 3 is 2.81 bits per heavy atom. The van der Waals surface area contributed by atoms with E-state index in [4.69, 9.17) is 15.7 Å². The van der Waals surface area contributed by atoms with Crippen LogP contribution in [0.1, 0.15) is 30.3 Å². The number of rotatable bonds is 3. The summed E-state index contributed by atoms with van der Waals surface area (Å²) < 4.78 is 0. The van der Waals surface area contributed by atoms with E-state index in [2.05, 4.69) is 41.2 Å². The first-order valence-corrected chi connectivity index (χ1v) is 10.0. The first-order valence-electron chi connectivity index (χ1n) is 8.18. The normalized spacial score (nSPS) is 24.5. The highest BCUT2D eigenvalue weighted by molar-refractivity contribution is 8.13. The van der Waals surface area contributed by atoms with Gasteiger partial charge in [0.1, 0.15) is 5.54 Å². The van der Waals surface area contributed by atoms with Gasteiger partial charge in [-0.05, 0) is 23.4 Å². The molecule has 1 saturated heterocycles. The number of fused-ring (bicyclic) bond motifs is 1. The van der Waals surface area contributed by atoms with Crippen molar-refractivity contribution in [2.45, 2.75) is 25.3 Å². The molecule has 1 unspecified atom stereocenters. The van der Waals surface area contributed by atoms with Gasteiger partial charge in [-0.15, -0.1) is 36.2 Å². The molecule has 0 aromatic carbocycles. The predicted octanol–water partition coefficient (Wildman–Crippen LogP) is 3.90. The number of thioether (sulfide) groups is 1. The lowest BCUT2D eigenvalue weighted by Gasteiger charge is -2.33. The third-order valence-corrected chi connectivity index (χ3v) is 6.77. The summed E-state index contributed by atoms with van der Waals surface area (Å²) in [5, 5.41) is 2.81. The van der Waals surface area contributed by atoms with Crippen LogP contribution in [0.3, 0.4) is 0 Å². The summed E-state index contributed by atoms with van der Waals surface area (Å²) >= 11 is 3.43. The average molecular weight is 432 g/mol. The van der Waals surface area contributed by atoms with Gasteiger partial charge in [0.2, 0.25) is 5.95 Å². The van der Waals surface area contributed by atoms with Crippen LogP contribution in [-0.4, -0.2) is 34.0 Å². The molecule has 0 radical (unpaired) electrons. The molecule has 0 spiro atoms. The summed E-state index contributed by atoms with van der Waals surface area (Å²) in [6.07, 6.45) is 1.86. The second-order valence-corrected chi connectivity index (χ2v) is 8.66. The van der Waals surface area contributed by atoms with Crippen LogP contribution in [0.25, 0.3) is 0 Å². The Balaban J connectivity index is 0.00000121. The molecule has 0 bridgehead atoms. The molecule has 0 amide bonds. The molecule has 26 heavy (non-hydrogen) atoms. The summed E-state index contributed by atoms with van der Waals surface area (Å²) in [7, 11) is 0. The molecule has 4 heterocycles. The monoisotopic (exact) mass is 431 g/mol.